The Kier molecular flexibility index (Phi) is 3.18. The number of fused-ring (bicyclic) bond motifs is 2. The van der Waals surface area contributed by atoms with Crippen LogP contribution in [0, 0.1) is 5.82 Å². The number of pyridine rings is 1. The standard InChI is InChI=1S/C16H16FN3O2/c17-11-8-18-6-5-10(11)14-3-4-15(22-14)16(21)20-13-7-9-1-2-12(13)19-9/h3-6,8-9,12-13,19H,1-2,7H2,(H,20,21). The van der Waals surface area contributed by atoms with Gasteiger partial charge in [0.25, 0.3) is 5.91 Å². The van der Waals surface area contributed by atoms with Gasteiger partial charge in [0.05, 0.1) is 11.8 Å². The van der Waals surface area contributed by atoms with Gasteiger partial charge in [0, 0.05) is 24.3 Å². The molecule has 2 aliphatic rings. The lowest BCUT2D eigenvalue weighted by atomic mass is 9.95. The minimum atomic E-state index is -0.471. The zero-order valence-corrected chi connectivity index (χ0v) is 11.9. The van der Waals surface area contributed by atoms with Crippen LogP contribution in [-0.2, 0) is 0 Å². The average molecular weight is 301 g/mol. The van der Waals surface area contributed by atoms with Crippen LogP contribution in [0.15, 0.2) is 35.0 Å². The minimum Gasteiger partial charge on any atom is -0.451 e. The number of carbonyl (C=O) groups is 1. The second-order valence-electron chi connectivity index (χ2n) is 5.88. The first-order valence-electron chi connectivity index (χ1n) is 7.47. The zero-order chi connectivity index (χ0) is 15.1. The van der Waals surface area contributed by atoms with Crippen LogP contribution in [0.5, 0.6) is 0 Å². The van der Waals surface area contributed by atoms with E-state index in [9.17, 15) is 9.18 Å². The molecule has 0 spiro atoms. The van der Waals surface area contributed by atoms with Crippen LogP contribution in [0.3, 0.4) is 0 Å². The van der Waals surface area contributed by atoms with Crippen LogP contribution in [0.2, 0.25) is 0 Å². The normalized spacial score (nSPS) is 26.3. The average Bonchev–Trinajstić information content (AvgIpc) is 3.24. The van der Waals surface area contributed by atoms with Crippen LogP contribution in [0.25, 0.3) is 11.3 Å². The van der Waals surface area contributed by atoms with E-state index in [1.165, 1.54) is 18.7 Å². The van der Waals surface area contributed by atoms with Gasteiger partial charge in [0.2, 0.25) is 0 Å². The second kappa shape index (κ2) is 5.21. The largest absolute Gasteiger partial charge is 0.451 e. The van der Waals surface area contributed by atoms with E-state index in [1.54, 1.807) is 12.1 Å². The molecule has 2 fully saturated rings. The molecule has 4 rings (SSSR count). The number of nitrogens with zero attached hydrogens (tertiary/aromatic N) is 1. The third kappa shape index (κ3) is 2.29. The van der Waals surface area contributed by atoms with Crippen LogP contribution < -0.4 is 10.6 Å². The fourth-order valence-electron chi connectivity index (χ4n) is 3.40. The number of hydrogen-bond acceptors (Lipinski definition) is 4. The molecule has 0 radical (unpaired) electrons. The van der Waals surface area contributed by atoms with E-state index >= 15 is 0 Å². The lowest BCUT2D eigenvalue weighted by molar-refractivity contribution is 0.0903. The Morgan fingerprint density at radius 2 is 2.27 bits per heavy atom. The molecular weight excluding hydrogens is 285 g/mol. The summed E-state index contributed by atoms with van der Waals surface area (Å²) < 4.78 is 19.2. The molecule has 3 atom stereocenters. The molecule has 0 aliphatic carbocycles. The minimum absolute atomic E-state index is 0.150. The van der Waals surface area contributed by atoms with E-state index in [-0.39, 0.29) is 17.7 Å². The highest BCUT2D eigenvalue weighted by atomic mass is 19.1. The van der Waals surface area contributed by atoms with Crippen molar-refractivity contribution in [2.45, 2.75) is 37.4 Å². The first kappa shape index (κ1) is 13.5. The van der Waals surface area contributed by atoms with Gasteiger partial charge in [-0.2, -0.15) is 0 Å². The predicted octanol–water partition coefficient (Wildman–Crippen LogP) is 2.10. The number of nitrogens with one attached hydrogen (secondary N) is 2. The molecule has 22 heavy (non-hydrogen) atoms. The van der Waals surface area contributed by atoms with Crippen molar-refractivity contribution in [3.63, 3.8) is 0 Å². The monoisotopic (exact) mass is 301 g/mol. The number of rotatable bonds is 3. The summed E-state index contributed by atoms with van der Waals surface area (Å²) in [5, 5.41) is 6.48. The van der Waals surface area contributed by atoms with Crippen LogP contribution in [0.4, 0.5) is 4.39 Å². The number of amides is 1. The van der Waals surface area contributed by atoms with Crippen LogP contribution in [-0.4, -0.2) is 29.0 Å². The van der Waals surface area contributed by atoms with Crippen molar-refractivity contribution in [2.24, 2.45) is 0 Å². The Morgan fingerprint density at radius 1 is 1.36 bits per heavy atom. The summed E-state index contributed by atoms with van der Waals surface area (Å²) in [7, 11) is 0. The lowest BCUT2D eigenvalue weighted by Crippen LogP contribution is -2.42. The van der Waals surface area contributed by atoms with Crippen molar-refractivity contribution < 1.29 is 13.6 Å². The molecule has 3 unspecified atom stereocenters. The van der Waals surface area contributed by atoms with Gasteiger partial charge in [-0.05, 0) is 37.5 Å². The van der Waals surface area contributed by atoms with Gasteiger partial charge in [-0.3, -0.25) is 9.78 Å². The Labute approximate surface area is 126 Å². The van der Waals surface area contributed by atoms with Crippen LogP contribution in [0.1, 0.15) is 29.8 Å². The summed E-state index contributed by atoms with van der Waals surface area (Å²) in [4.78, 5) is 16.0. The molecule has 2 saturated heterocycles. The van der Waals surface area contributed by atoms with Gasteiger partial charge in [0.1, 0.15) is 5.76 Å². The van der Waals surface area contributed by atoms with Crippen molar-refractivity contribution in [1.82, 2.24) is 15.6 Å². The smallest absolute Gasteiger partial charge is 0.287 e. The number of hydrogen-bond donors (Lipinski definition) is 2. The molecule has 114 valence electrons. The number of halogens is 1. The summed E-state index contributed by atoms with van der Waals surface area (Å²) in [6, 6.07) is 5.74. The second-order valence-corrected chi connectivity index (χ2v) is 5.88. The van der Waals surface area contributed by atoms with Gasteiger partial charge in [-0.25, -0.2) is 4.39 Å². The van der Waals surface area contributed by atoms with Gasteiger partial charge in [-0.15, -0.1) is 0 Å². The quantitative estimate of drug-likeness (QED) is 0.911. The SMILES string of the molecule is O=C(NC1CC2CCC1N2)c1ccc(-c2ccncc2F)o1. The highest BCUT2D eigenvalue weighted by Crippen LogP contribution is 2.29. The Bertz CT molecular complexity index is 715. The molecule has 6 heteroatoms. The number of aromatic nitrogens is 1. The Hall–Kier alpha value is -2.21. The van der Waals surface area contributed by atoms with E-state index < -0.39 is 5.82 Å². The van der Waals surface area contributed by atoms with Gasteiger partial charge in [0.15, 0.2) is 11.6 Å². The molecule has 5 nitrogen and oxygen atoms in total. The van der Waals surface area contributed by atoms with E-state index in [0.717, 1.165) is 19.0 Å². The lowest BCUT2D eigenvalue weighted by Gasteiger charge is -2.20. The Balaban J connectivity index is 1.49. The van der Waals surface area contributed by atoms with E-state index in [1.807, 2.05) is 0 Å². The van der Waals surface area contributed by atoms with E-state index in [2.05, 4.69) is 15.6 Å². The highest BCUT2D eigenvalue weighted by Gasteiger charge is 2.39. The predicted molar refractivity (Wildman–Crippen MR) is 77.7 cm³/mol. The molecule has 0 aromatic carbocycles. The maximum atomic E-state index is 13.7. The summed E-state index contributed by atoms with van der Waals surface area (Å²) >= 11 is 0. The summed E-state index contributed by atoms with van der Waals surface area (Å²) in [6.07, 6.45) is 5.85. The molecule has 2 bridgehead atoms. The highest BCUT2D eigenvalue weighted by molar-refractivity contribution is 5.92. The molecule has 0 saturated carbocycles. The van der Waals surface area contributed by atoms with Crippen LogP contribution >= 0.6 is 0 Å². The third-order valence-electron chi connectivity index (χ3n) is 4.48. The fraction of sp³-hybridized carbons (Fsp3) is 0.375. The number of furan rings is 1. The molecule has 1 amide bonds. The molecule has 2 aromatic heterocycles. The van der Waals surface area contributed by atoms with Gasteiger partial charge in [-0.1, -0.05) is 0 Å². The zero-order valence-electron chi connectivity index (χ0n) is 11.9. The summed E-state index contributed by atoms with van der Waals surface area (Å²) in [6.45, 7) is 0. The summed E-state index contributed by atoms with van der Waals surface area (Å²) in [5.74, 6) is -0.189. The van der Waals surface area contributed by atoms with E-state index in [0.29, 0.717) is 23.4 Å². The number of carbonyl (C=O) groups excluding carboxylic acids is 1. The van der Waals surface area contributed by atoms with Crippen molar-refractivity contribution in [3.05, 3.63) is 42.2 Å². The first-order chi connectivity index (χ1) is 10.7. The molecule has 2 aliphatic heterocycles. The van der Waals surface area contributed by atoms with Gasteiger partial charge < -0.3 is 15.1 Å². The first-order valence-corrected chi connectivity index (χ1v) is 7.47. The fourth-order valence-corrected chi connectivity index (χ4v) is 3.40. The maximum Gasteiger partial charge on any atom is 0.287 e. The maximum absolute atomic E-state index is 13.7. The van der Waals surface area contributed by atoms with Crippen molar-refractivity contribution in [1.29, 1.82) is 0 Å². The molecule has 2 N–H and O–H groups in total. The topological polar surface area (TPSA) is 67.2 Å². The third-order valence-corrected chi connectivity index (χ3v) is 4.48. The summed E-state index contributed by atoms with van der Waals surface area (Å²) in [5.41, 5.74) is 0.302. The molecule has 2 aromatic rings. The van der Waals surface area contributed by atoms with Crippen molar-refractivity contribution in [2.75, 3.05) is 0 Å². The Morgan fingerprint density at radius 3 is 3.00 bits per heavy atom. The van der Waals surface area contributed by atoms with E-state index in [4.69, 9.17) is 4.42 Å². The molecule has 4 heterocycles. The van der Waals surface area contributed by atoms with Crippen molar-refractivity contribution >= 4 is 5.91 Å². The van der Waals surface area contributed by atoms with Crippen molar-refractivity contribution in [3.8, 4) is 11.3 Å². The molecular formula is C16H16FN3O2. The van der Waals surface area contributed by atoms with Gasteiger partial charge >= 0.3 is 0 Å².